The summed E-state index contributed by atoms with van der Waals surface area (Å²) < 4.78 is 0. The Hall–Kier alpha value is -0.380. The molecule has 3 nitrogen and oxygen atoms in total. The molecule has 0 aliphatic heterocycles. The van der Waals surface area contributed by atoms with Gasteiger partial charge < -0.3 is 10.4 Å². The third-order valence-corrected chi connectivity index (χ3v) is 2.54. The Balaban J connectivity index is 3.69. The fourth-order valence-corrected chi connectivity index (χ4v) is 1.58. The first-order chi connectivity index (χ1) is 7.26. The zero-order valence-corrected chi connectivity index (χ0v) is 10.2. The van der Waals surface area contributed by atoms with Crippen molar-refractivity contribution in [2.45, 2.75) is 32.7 Å². The molecule has 0 saturated heterocycles. The van der Waals surface area contributed by atoms with Crippen LogP contribution in [0.4, 0.5) is 0 Å². The third-order valence-electron chi connectivity index (χ3n) is 2.54. The Bertz CT molecular complexity index is 151. The SMILES string of the molecule is C=CCN(CCO)C(C)CCNCCC. The van der Waals surface area contributed by atoms with Crippen LogP contribution in [0.2, 0.25) is 0 Å². The van der Waals surface area contributed by atoms with Gasteiger partial charge in [-0.2, -0.15) is 0 Å². The van der Waals surface area contributed by atoms with Crippen molar-refractivity contribution in [1.82, 2.24) is 10.2 Å². The highest BCUT2D eigenvalue weighted by Gasteiger charge is 2.10. The monoisotopic (exact) mass is 214 g/mol. The molecule has 0 aliphatic rings. The van der Waals surface area contributed by atoms with Crippen LogP contribution in [0, 0.1) is 0 Å². The molecular formula is C12H26N2O. The van der Waals surface area contributed by atoms with Crippen LogP contribution in [0.5, 0.6) is 0 Å². The minimum Gasteiger partial charge on any atom is -0.395 e. The van der Waals surface area contributed by atoms with Crippen LogP contribution in [0.15, 0.2) is 12.7 Å². The molecule has 0 bridgehead atoms. The molecule has 0 aromatic rings. The van der Waals surface area contributed by atoms with E-state index in [1.165, 1.54) is 6.42 Å². The van der Waals surface area contributed by atoms with Gasteiger partial charge in [0.1, 0.15) is 0 Å². The number of aliphatic hydroxyl groups is 1. The number of nitrogens with zero attached hydrogens (tertiary/aromatic N) is 1. The van der Waals surface area contributed by atoms with Crippen LogP contribution < -0.4 is 5.32 Å². The van der Waals surface area contributed by atoms with Gasteiger partial charge in [0.2, 0.25) is 0 Å². The van der Waals surface area contributed by atoms with Crippen LogP contribution >= 0.6 is 0 Å². The van der Waals surface area contributed by atoms with Gasteiger partial charge in [0.05, 0.1) is 6.61 Å². The maximum Gasteiger partial charge on any atom is 0.0558 e. The number of rotatable bonds is 10. The normalized spacial score (nSPS) is 13.1. The highest BCUT2D eigenvalue weighted by Crippen LogP contribution is 2.02. The number of aliphatic hydroxyl groups excluding tert-OH is 1. The van der Waals surface area contributed by atoms with Crippen molar-refractivity contribution < 1.29 is 5.11 Å². The van der Waals surface area contributed by atoms with Gasteiger partial charge in [-0.1, -0.05) is 13.0 Å². The maximum atomic E-state index is 8.93. The van der Waals surface area contributed by atoms with E-state index in [0.717, 1.165) is 32.6 Å². The van der Waals surface area contributed by atoms with E-state index in [-0.39, 0.29) is 6.61 Å². The summed E-state index contributed by atoms with van der Waals surface area (Å²) in [6.45, 7) is 12.1. The summed E-state index contributed by atoms with van der Waals surface area (Å²) >= 11 is 0. The van der Waals surface area contributed by atoms with Crippen LogP contribution in [0.3, 0.4) is 0 Å². The molecule has 3 heteroatoms. The molecule has 0 rings (SSSR count). The summed E-state index contributed by atoms with van der Waals surface area (Å²) in [6, 6.07) is 0.500. The van der Waals surface area contributed by atoms with Gasteiger partial charge in [0.15, 0.2) is 0 Å². The van der Waals surface area contributed by atoms with Crippen LogP contribution in [0.25, 0.3) is 0 Å². The molecule has 0 amide bonds. The Morgan fingerprint density at radius 1 is 1.47 bits per heavy atom. The average molecular weight is 214 g/mol. The molecule has 0 fully saturated rings. The fourth-order valence-electron chi connectivity index (χ4n) is 1.58. The van der Waals surface area contributed by atoms with E-state index < -0.39 is 0 Å². The van der Waals surface area contributed by atoms with Gasteiger partial charge in [0.25, 0.3) is 0 Å². The van der Waals surface area contributed by atoms with Crippen molar-refractivity contribution in [2.75, 3.05) is 32.8 Å². The van der Waals surface area contributed by atoms with Gasteiger partial charge in [-0.25, -0.2) is 0 Å². The molecule has 1 unspecified atom stereocenters. The zero-order chi connectivity index (χ0) is 11.5. The highest BCUT2D eigenvalue weighted by molar-refractivity contribution is 4.77. The molecule has 90 valence electrons. The van der Waals surface area contributed by atoms with Crippen molar-refractivity contribution in [3.05, 3.63) is 12.7 Å². The van der Waals surface area contributed by atoms with Gasteiger partial charge in [0, 0.05) is 19.1 Å². The fraction of sp³-hybridized carbons (Fsp3) is 0.833. The van der Waals surface area contributed by atoms with Crippen LogP contribution in [0.1, 0.15) is 26.7 Å². The van der Waals surface area contributed by atoms with E-state index in [1.807, 2.05) is 6.08 Å². The molecule has 0 aromatic heterocycles. The summed E-state index contributed by atoms with van der Waals surface area (Å²) in [7, 11) is 0. The minimum atomic E-state index is 0.223. The lowest BCUT2D eigenvalue weighted by Crippen LogP contribution is -2.37. The lowest BCUT2D eigenvalue weighted by atomic mass is 10.2. The van der Waals surface area contributed by atoms with Gasteiger partial charge >= 0.3 is 0 Å². The second-order valence-electron chi connectivity index (χ2n) is 3.89. The predicted octanol–water partition coefficient (Wildman–Crippen LogP) is 1.24. The summed E-state index contributed by atoms with van der Waals surface area (Å²) in [6.07, 6.45) is 4.20. The van der Waals surface area contributed by atoms with Gasteiger partial charge in [-0.15, -0.1) is 6.58 Å². The summed E-state index contributed by atoms with van der Waals surface area (Å²) in [5.41, 5.74) is 0. The molecule has 0 aliphatic carbocycles. The van der Waals surface area contributed by atoms with Crippen molar-refractivity contribution in [1.29, 1.82) is 0 Å². The molecule has 2 N–H and O–H groups in total. The Kier molecular flexibility index (Phi) is 9.89. The smallest absolute Gasteiger partial charge is 0.0558 e. The first-order valence-electron chi connectivity index (χ1n) is 5.92. The first kappa shape index (κ1) is 14.6. The second-order valence-corrected chi connectivity index (χ2v) is 3.89. The lowest BCUT2D eigenvalue weighted by Gasteiger charge is -2.27. The van der Waals surface area contributed by atoms with E-state index >= 15 is 0 Å². The molecule has 15 heavy (non-hydrogen) atoms. The summed E-state index contributed by atoms with van der Waals surface area (Å²) in [4.78, 5) is 2.25. The standard InChI is InChI=1S/C12H26N2O/c1-4-7-13-8-6-12(3)14(9-5-2)10-11-15/h5,12-13,15H,2,4,6-11H2,1,3H3. The van der Waals surface area contributed by atoms with Crippen molar-refractivity contribution in [3.8, 4) is 0 Å². The van der Waals surface area contributed by atoms with Gasteiger partial charge in [-0.05, 0) is 32.9 Å². The largest absolute Gasteiger partial charge is 0.395 e. The topological polar surface area (TPSA) is 35.5 Å². The summed E-state index contributed by atoms with van der Waals surface area (Å²) in [5.74, 6) is 0. The zero-order valence-electron chi connectivity index (χ0n) is 10.2. The number of nitrogens with one attached hydrogen (secondary N) is 1. The third kappa shape index (κ3) is 7.54. The molecular weight excluding hydrogens is 188 g/mol. The quantitative estimate of drug-likeness (QED) is 0.424. The van der Waals surface area contributed by atoms with Gasteiger partial charge in [-0.3, -0.25) is 4.90 Å². The maximum absolute atomic E-state index is 8.93. The van der Waals surface area contributed by atoms with Crippen LogP contribution in [-0.4, -0.2) is 48.8 Å². The van der Waals surface area contributed by atoms with Crippen LogP contribution in [-0.2, 0) is 0 Å². The number of hydrogen-bond acceptors (Lipinski definition) is 3. The second kappa shape index (κ2) is 10.1. The van der Waals surface area contributed by atoms with E-state index in [9.17, 15) is 0 Å². The van der Waals surface area contributed by atoms with Crippen molar-refractivity contribution in [2.24, 2.45) is 0 Å². The molecule has 0 heterocycles. The number of hydrogen-bond donors (Lipinski definition) is 2. The van der Waals surface area contributed by atoms with E-state index in [1.54, 1.807) is 0 Å². The molecule has 0 spiro atoms. The van der Waals surface area contributed by atoms with E-state index in [2.05, 4.69) is 30.6 Å². The minimum absolute atomic E-state index is 0.223. The van der Waals surface area contributed by atoms with Crippen molar-refractivity contribution >= 4 is 0 Å². The predicted molar refractivity (Wildman–Crippen MR) is 66.1 cm³/mol. The van der Waals surface area contributed by atoms with Crippen molar-refractivity contribution in [3.63, 3.8) is 0 Å². The average Bonchev–Trinajstić information content (AvgIpc) is 2.24. The highest BCUT2D eigenvalue weighted by atomic mass is 16.3. The molecule has 0 saturated carbocycles. The van der Waals surface area contributed by atoms with E-state index in [0.29, 0.717) is 6.04 Å². The Morgan fingerprint density at radius 3 is 2.73 bits per heavy atom. The lowest BCUT2D eigenvalue weighted by molar-refractivity contribution is 0.166. The summed E-state index contributed by atoms with van der Waals surface area (Å²) in [5, 5.41) is 12.3. The Labute approximate surface area is 94.2 Å². The Morgan fingerprint density at radius 2 is 2.20 bits per heavy atom. The first-order valence-corrected chi connectivity index (χ1v) is 5.92. The molecule has 1 atom stereocenters. The molecule has 0 radical (unpaired) electrons. The van der Waals surface area contributed by atoms with E-state index in [4.69, 9.17) is 5.11 Å². The molecule has 0 aromatic carbocycles.